The van der Waals surface area contributed by atoms with Crippen LogP contribution in [-0.2, 0) is 5.41 Å². The van der Waals surface area contributed by atoms with Gasteiger partial charge in [-0.15, -0.1) is 0 Å². The van der Waals surface area contributed by atoms with Crippen molar-refractivity contribution < 1.29 is 0 Å². The van der Waals surface area contributed by atoms with Crippen molar-refractivity contribution in [2.24, 2.45) is 0 Å². The van der Waals surface area contributed by atoms with Crippen molar-refractivity contribution in [3.63, 3.8) is 0 Å². The lowest BCUT2D eigenvalue weighted by atomic mass is 9.79. The summed E-state index contributed by atoms with van der Waals surface area (Å²) in [5, 5.41) is 4.84. The Balaban J connectivity index is 2.10. The van der Waals surface area contributed by atoms with Gasteiger partial charge < -0.3 is 0 Å². The average Bonchev–Trinajstić information content (AvgIpc) is 3.03. The van der Waals surface area contributed by atoms with Gasteiger partial charge in [-0.3, -0.25) is 0 Å². The minimum atomic E-state index is 0.202. The maximum Gasteiger partial charge on any atom is 0.0687 e. The van der Waals surface area contributed by atoms with E-state index in [0.29, 0.717) is 0 Å². The molecule has 0 bridgehead atoms. The maximum absolute atomic E-state index is 4.84. The van der Waals surface area contributed by atoms with Gasteiger partial charge in [0.2, 0.25) is 0 Å². The van der Waals surface area contributed by atoms with Crippen molar-refractivity contribution >= 4 is 0 Å². The Morgan fingerprint density at radius 3 is 2.43 bits per heavy atom. The lowest BCUT2D eigenvalue weighted by molar-refractivity contribution is 0.383. The molecule has 0 aliphatic carbocycles. The van der Waals surface area contributed by atoms with E-state index in [1.165, 1.54) is 37.8 Å². The summed E-state index contributed by atoms with van der Waals surface area (Å²) in [6.07, 6.45) is 9.75. The molecule has 0 aliphatic rings. The summed E-state index contributed by atoms with van der Waals surface area (Å²) in [5.74, 6) is 0. The highest BCUT2D eigenvalue weighted by atomic mass is 15.3. The van der Waals surface area contributed by atoms with Crippen LogP contribution >= 0.6 is 0 Å². The van der Waals surface area contributed by atoms with Gasteiger partial charge in [0.15, 0.2) is 0 Å². The van der Waals surface area contributed by atoms with Gasteiger partial charge >= 0.3 is 0 Å². The summed E-state index contributed by atoms with van der Waals surface area (Å²) in [4.78, 5) is 0. The lowest BCUT2D eigenvalue weighted by Crippen LogP contribution is -2.22. The first kappa shape index (κ1) is 15.8. The van der Waals surface area contributed by atoms with Crippen LogP contribution in [0.4, 0.5) is 0 Å². The highest BCUT2D eigenvalue weighted by Crippen LogP contribution is 2.32. The van der Waals surface area contributed by atoms with E-state index in [4.69, 9.17) is 5.10 Å². The van der Waals surface area contributed by atoms with E-state index in [0.717, 1.165) is 12.1 Å². The average molecular weight is 284 g/mol. The fraction of sp³-hybridized carbons (Fsp3) is 0.526. The fourth-order valence-electron chi connectivity index (χ4n) is 2.80. The van der Waals surface area contributed by atoms with E-state index in [9.17, 15) is 0 Å². The Morgan fingerprint density at radius 2 is 1.76 bits per heavy atom. The van der Waals surface area contributed by atoms with Crippen molar-refractivity contribution in [3.05, 3.63) is 48.3 Å². The quantitative estimate of drug-likeness (QED) is 0.584. The van der Waals surface area contributed by atoms with E-state index in [2.05, 4.69) is 57.3 Å². The van der Waals surface area contributed by atoms with Crippen LogP contribution in [-0.4, -0.2) is 9.78 Å². The van der Waals surface area contributed by atoms with Gasteiger partial charge in [-0.1, -0.05) is 64.7 Å². The van der Waals surface area contributed by atoms with Crippen LogP contribution in [0.2, 0.25) is 0 Å². The zero-order chi connectivity index (χ0) is 15.1. The number of nitrogens with zero attached hydrogens (tertiary/aromatic N) is 2. The molecular formula is C19H28N2. The van der Waals surface area contributed by atoms with Crippen LogP contribution < -0.4 is 0 Å². The molecule has 21 heavy (non-hydrogen) atoms. The second-order valence-electron chi connectivity index (χ2n) is 6.21. The van der Waals surface area contributed by atoms with Gasteiger partial charge in [-0.05, 0) is 31.0 Å². The Labute approximate surface area is 129 Å². The molecule has 0 saturated heterocycles. The van der Waals surface area contributed by atoms with E-state index >= 15 is 0 Å². The second-order valence-corrected chi connectivity index (χ2v) is 6.21. The molecule has 0 spiro atoms. The Hall–Kier alpha value is -1.57. The third kappa shape index (κ3) is 3.96. The third-order valence-corrected chi connectivity index (χ3v) is 4.59. The minimum Gasteiger partial charge on any atom is -0.241 e. The van der Waals surface area contributed by atoms with E-state index in [1.807, 2.05) is 10.7 Å². The van der Waals surface area contributed by atoms with E-state index in [-0.39, 0.29) is 5.41 Å². The number of rotatable bonds is 8. The summed E-state index contributed by atoms with van der Waals surface area (Å²) in [6.45, 7) is 6.90. The molecule has 2 nitrogen and oxygen atoms in total. The standard InChI is InChI=1S/C19H28N2/c1-4-6-7-11-15-19(3,5-2)18-14-16-21(20-18)17-12-9-8-10-13-17/h8-10,12-14,16H,4-7,11,15H2,1-3H3. The number of benzene rings is 1. The van der Waals surface area contributed by atoms with Crippen LogP contribution in [0.25, 0.3) is 5.69 Å². The van der Waals surface area contributed by atoms with Crippen LogP contribution in [0.1, 0.15) is 65.0 Å². The normalized spacial score (nSPS) is 14.0. The lowest BCUT2D eigenvalue weighted by Gasteiger charge is -2.26. The van der Waals surface area contributed by atoms with Crippen LogP contribution in [0.15, 0.2) is 42.6 Å². The van der Waals surface area contributed by atoms with Gasteiger partial charge in [-0.25, -0.2) is 4.68 Å². The topological polar surface area (TPSA) is 17.8 Å². The number of unbranched alkanes of at least 4 members (excludes halogenated alkanes) is 3. The molecule has 0 N–H and O–H groups in total. The van der Waals surface area contributed by atoms with Gasteiger partial charge in [0, 0.05) is 11.6 Å². The molecule has 0 radical (unpaired) electrons. The monoisotopic (exact) mass is 284 g/mol. The fourth-order valence-corrected chi connectivity index (χ4v) is 2.80. The number of hydrogen-bond acceptors (Lipinski definition) is 1. The molecule has 114 valence electrons. The highest BCUT2D eigenvalue weighted by Gasteiger charge is 2.26. The number of hydrogen-bond donors (Lipinski definition) is 0. The molecule has 2 rings (SSSR count). The van der Waals surface area contributed by atoms with Crippen molar-refractivity contribution in [2.75, 3.05) is 0 Å². The molecule has 2 aromatic rings. The summed E-state index contributed by atoms with van der Waals surface area (Å²) < 4.78 is 2.00. The number of para-hydroxylation sites is 1. The molecule has 1 aromatic carbocycles. The summed E-state index contributed by atoms with van der Waals surface area (Å²) in [5.41, 5.74) is 2.56. The van der Waals surface area contributed by atoms with Gasteiger partial charge in [0.1, 0.15) is 0 Å². The molecular weight excluding hydrogens is 256 g/mol. The zero-order valence-electron chi connectivity index (χ0n) is 13.7. The minimum absolute atomic E-state index is 0.202. The SMILES string of the molecule is CCCCCCC(C)(CC)c1ccn(-c2ccccc2)n1. The van der Waals surface area contributed by atoms with Crippen molar-refractivity contribution in [1.82, 2.24) is 9.78 Å². The Morgan fingerprint density at radius 1 is 1.00 bits per heavy atom. The summed E-state index contributed by atoms with van der Waals surface area (Å²) in [7, 11) is 0. The maximum atomic E-state index is 4.84. The molecule has 0 aliphatic heterocycles. The van der Waals surface area contributed by atoms with Gasteiger partial charge in [-0.2, -0.15) is 5.10 Å². The highest BCUT2D eigenvalue weighted by molar-refractivity contribution is 5.31. The molecule has 1 heterocycles. The smallest absolute Gasteiger partial charge is 0.0687 e. The number of aromatic nitrogens is 2. The molecule has 1 atom stereocenters. The predicted octanol–water partition coefficient (Wildman–Crippen LogP) is 5.51. The first-order valence-corrected chi connectivity index (χ1v) is 8.31. The zero-order valence-corrected chi connectivity index (χ0v) is 13.7. The van der Waals surface area contributed by atoms with Crippen molar-refractivity contribution in [1.29, 1.82) is 0 Å². The first-order valence-electron chi connectivity index (χ1n) is 8.31. The summed E-state index contributed by atoms with van der Waals surface area (Å²) >= 11 is 0. The molecule has 1 aromatic heterocycles. The third-order valence-electron chi connectivity index (χ3n) is 4.59. The van der Waals surface area contributed by atoms with Crippen LogP contribution in [0.5, 0.6) is 0 Å². The summed E-state index contributed by atoms with van der Waals surface area (Å²) in [6, 6.07) is 12.5. The van der Waals surface area contributed by atoms with Crippen molar-refractivity contribution in [3.8, 4) is 5.69 Å². The molecule has 0 amide bonds. The van der Waals surface area contributed by atoms with Gasteiger partial charge in [0.25, 0.3) is 0 Å². The predicted molar refractivity (Wildman–Crippen MR) is 90.0 cm³/mol. The van der Waals surface area contributed by atoms with E-state index < -0.39 is 0 Å². The van der Waals surface area contributed by atoms with Crippen molar-refractivity contribution in [2.45, 2.75) is 64.7 Å². The first-order chi connectivity index (χ1) is 10.2. The van der Waals surface area contributed by atoms with Crippen LogP contribution in [0, 0.1) is 0 Å². The Bertz CT molecular complexity index is 530. The van der Waals surface area contributed by atoms with Gasteiger partial charge in [0.05, 0.1) is 11.4 Å². The molecule has 0 saturated carbocycles. The molecule has 1 unspecified atom stereocenters. The van der Waals surface area contributed by atoms with Crippen LogP contribution in [0.3, 0.4) is 0 Å². The molecule has 2 heteroatoms. The molecule has 0 fully saturated rings. The second kappa shape index (κ2) is 7.44. The Kier molecular flexibility index (Phi) is 5.60. The largest absolute Gasteiger partial charge is 0.241 e. The van der Waals surface area contributed by atoms with E-state index in [1.54, 1.807) is 0 Å².